The lowest BCUT2D eigenvalue weighted by atomic mass is 10.0. The topological polar surface area (TPSA) is 111 Å². The van der Waals surface area contributed by atoms with Gasteiger partial charge in [0.2, 0.25) is 11.8 Å². The summed E-state index contributed by atoms with van der Waals surface area (Å²) in [5.74, 6) is -0.706. The number of nitrogens with one attached hydrogen (secondary N) is 1. The predicted octanol–water partition coefficient (Wildman–Crippen LogP) is 2.82. The van der Waals surface area contributed by atoms with E-state index in [0.717, 1.165) is 17.7 Å². The van der Waals surface area contributed by atoms with Gasteiger partial charge in [-0.15, -0.1) is 0 Å². The van der Waals surface area contributed by atoms with E-state index in [-0.39, 0.29) is 32.1 Å². The number of amides is 2. The van der Waals surface area contributed by atoms with Gasteiger partial charge in [0, 0.05) is 13.1 Å². The highest BCUT2D eigenvalue weighted by Gasteiger charge is 2.36. The van der Waals surface area contributed by atoms with Gasteiger partial charge in [-0.05, 0) is 61.6 Å². The molecule has 0 spiro atoms. The molecule has 1 saturated heterocycles. The number of ether oxygens (including phenoxy) is 2. The molecule has 2 atom stereocenters. The van der Waals surface area contributed by atoms with Crippen LogP contribution < -0.4 is 15.8 Å². The molecule has 1 aliphatic heterocycles. The largest absolute Gasteiger partial charge is 0.482 e. The molecule has 1 aliphatic rings. The number of likely N-dealkylation sites (tertiary alicyclic amines) is 1. The fraction of sp³-hybridized carbons (Fsp3) is 0.423. The van der Waals surface area contributed by atoms with E-state index >= 15 is 0 Å². The highest BCUT2D eigenvalue weighted by Crippen LogP contribution is 2.29. The normalized spacial score (nSPS) is 16.2. The molecule has 0 unspecified atom stereocenters. The smallest absolute Gasteiger partial charge is 0.416 e. The van der Waals surface area contributed by atoms with Gasteiger partial charge in [0.1, 0.15) is 11.8 Å². The Morgan fingerprint density at radius 1 is 1.08 bits per heavy atom. The third-order valence-corrected chi connectivity index (χ3v) is 5.94. The summed E-state index contributed by atoms with van der Waals surface area (Å²) in [7, 11) is 0. The summed E-state index contributed by atoms with van der Waals surface area (Å²) in [6.07, 6.45) is -3.24. The van der Waals surface area contributed by atoms with Crippen LogP contribution in [0, 0.1) is 0 Å². The summed E-state index contributed by atoms with van der Waals surface area (Å²) in [6, 6.07) is 9.71. The molecule has 2 amide bonds. The molecule has 0 aromatic heterocycles. The molecule has 200 valence electrons. The van der Waals surface area contributed by atoms with Gasteiger partial charge in [-0.1, -0.05) is 24.3 Å². The zero-order valence-electron chi connectivity index (χ0n) is 20.4. The summed E-state index contributed by atoms with van der Waals surface area (Å²) in [5.41, 5.74) is 6.60. The predicted molar refractivity (Wildman–Crippen MR) is 128 cm³/mol. The number of hydrogen-bond acceptors (Lipinski definition) is 6. The van der Waals surface area contributed by atoms with E-state index in [9.17, 15) is 27.6 Å². The van der Waals surface area contributed by atoms with Crippen molar-refractivity contribution >= 4 is 17.8 Å². The quantitative estimate of drug-likeness (QED) is 0.466. The van der Waals surface area contributed by atoms with Crippen LogP contribution in [-0.4, -0.2) is 54.5 Å². The summed E-state index contributed by atoms with van der Waals surface area (Å²) >= 11 is 0. The molecule has 37 heavy (non-hydrogen) atoms. The highest BCUT2D eigenvalue weighted by molar-refractivity contribution is 5.90. The molecule has 2 aromatic carbocycles. The average molecular weight is 522 g/mol. The van der Waals surface area contributed by atoms with Crippen molar-refractivity contribution in [2.45, 2.75) is 51.0 Å². The maximum Gasteiger partial charge on any atom is 0.416 e. The SMILES string of the molecule is CCOC(=O)COc1ccc(CNC(=O)[C@@H]2CCCN2C(=O)[C@@H](N)Cc2ccc(C(F)(F)F)cc2)cc1. The number of halogens is 3. The van der Waals surface area contributed by atoms with Gasteiger partial charge in [0.05, 0.1) is 18.2 Å². The first-order chi connectivity index (χ1) is 17.6. The van der Waals surface area contributed by atoms with Crippen molar-refractivity contribution in [3.05, 3.63) is 65.2 Å². The first kappa shape index (κ1) is 28.0. The van der Waals surface area contributed by atoms with Crippen molar-refractivity contribution in [1.29, 1.82) is 0 Å². The van der Waals surface area contributed by atoms with Crippen LogP contribution in [0.4, 0.5) is 13.2 Å². The standard InChI is InChI=1S/C26H30F3N3O5/c1-2-36-23(33)16-37-20-11-7-18(8-12-20)15-31-24(34)22-4-3-13-32(22)25(35)21(30)14-17-5-9-19(10-6-17)26(27,28)29/h5-12,21-22H,2-4,13-16,30H2,1H3,(H,31,34)/t21-,22-/m0/s1. The Bertz CT molecular complexity index is 1070. The number of esters is 1. The Balaban J connectivity index is 1.50. The van der Waals surface area contributed by atoms with Gasteiger partial charge >= 0.3 is 12.1 Å². The number of carbonyl (C=O) groups excluding carboxylic acids is 3. The van der Waals surface area contributed by atoms with Crippen molar-refractivity contribution in [2.24, 2.45) is 5.73 Å². The molecule has 0 bridgehead atoms. The fourth-order valence-corrected chi connectivity index (χ4v) is 4.04. The van der Waals surface area contributed by atoms with Crippen LogP contribution >= 0.6 is 0 Å². The molecule has 0 saturated carbocycles. The molecule has 0 radical (unpaired) electrons. The van der Waals surface area contributed by atoms with Crippen LogP contribution in [0.25, 0.3) is 0 Å². The second-order valence-electron chi connectivity index (χ2n) is 8.65. The van der Waals surface area contributed by atoms with E-state index in [2.05, 4.69) is 5.32 Å². The van der Waals surface area contributed by atoms with Gasteiger partial charge < -0.3 is 25.4 Å². The van der Waals surface area contributed by atoms with Crippen molar-refractivity contribution in [2.75, 3.05) is 19.8 Å². The molecule has 3 rings (SSSR count). The van der Waals surface area contributed by atoms with E-state index < -0.39 is 35.7 Å². The number of carbonyl (C=O) groups is 3. The van der Waals surface area contributed by atoms with Gasteiger partial charge in [-0.2, -0.15) is 13.2 Å². The molecule has 1 heterocycles. The number of alkyl halides is 3. The zero-order valence-corrected chi connectivity index (χ0v) is 20.4. The van der Waals surface area contributed by atoms with Gasteiger partial charge in [-0.25, -0.2) is 4.79 Å². The second-order valence-corrected chi connectivity index (χ2v) is 8.65. The van der Waals surface area contributed by atoms with Gasteiger partial charge in [0.25, 0.3) is 0 Å². The maximum atomic E-state index is 12.9. The molecule has 3 N–H and O–H groups in total. The van der Waals surface area contributed by atoms with Crippen LogP contribution in [0.5, 0.6) is 5.75 Å². The van der Waals surface area contributed by atoms with E-state index in [4.69, 9.17) is 15.2 Å². The number of nitrogens with zero attached hydrogens (tertiary/aromatic N) is 1. The van der Waals surface area contributed by atoms with Crippen molar-refractivity contribution in [1.82, 2.24) is 10.2 Å². The fourth-order valence-electron chi connectivity index (χ4n) is 4.04. The molecule has 8 nitrogen and oxygen atoms in total. The average Bonchev–Trinajstić information content (AvgIpc) is 3.36. The first-order valence-corrected chi connectivity index (χ1v) is 12.0. The molecule has 11 heteroatoms. The van der Waals surface area contributed by atoms with Crippen LogP contribution in [0.3, 0.4) is 0 Å². The van der Waals surface area contributed by atoms with E-state index in [1.54, 1.807) is 31.2 Å². The van der Waals surface area contributed by atoms with Crippen LogP contribution in [0.2, 0.25) is 0 Å². The summed E-state index contributed by atoms with van der Waals surface area (Å²) in [4.78, 5) is 38.6. The third kappa shape index (κ3) is 7.94. The Morgan fingerprint density at radius 3 is 2.35 bits per heavy atom. The Labute approximate surface area is 212 Å². The number of benzene rings is 2. The van der Waals surface area contributed by atoms with Crippen molar-refractivity contribution < 1.29 is 37.0 Å². The van der Waals surface area contributed by atoms with E-state index in [1.807, 2.05) is 0 Å². The first-order valence-electron chi connectivity index (χ1n) is 12.0. The van der Waals surface area contributed by atoms with Crippen LogP contribution in [-0.2, 0) is 38.3 Å². The van der Waals surface area contributed by atoms with Crippen molar-refractivity contribution in [3.63, 3.8) is 0 Å². The van der Waals surface area contributed by atoms with Crippen LogP contribution in [0.1, 0.15) is 36.5 Å². The van der Waals surface area contributed by atoms with E-state index in [1.165, 1.54) is 17.0 Å². The molecule has 1 fully saturated rings. The summed E-state index contributed by atoms with van der Waals surface area (Å²) in [5, 5.41) is 2.83. The van der Waals surface area contributed by atoms with Crippen LogP contribution in [0.15, 0.2) is 48.5 Å². The molecule has 0 aliphatic carbocycles. The lowest BCUT2D eigenvalue weighted by Crippen LogP contribution is -2.51. The molecular weight excluding hydrogens is 491 g/mol. The molecule has 2 aromatic rings. The lowest BCUT2D eigenvalue weighted by Gasteiger charge is -2.27. The summed E-state index contributed by atoms with van der Waals surface area (Å²) < 4.78 is 48.4. The number of nitrogens with two attached hydrogens (primary N) is 1. The maximum absolute atomic E-state index is 12.9. The highest BCUT2D eigenvalue weighted by atomic mass is 19.4. The lowest BCUT2D eigenvalue weighted by molar-refractivity contribution is -0.145. The molecular formula is C26H30F3N3O5. The number of hydrogen-bond donors (Lipinski definition) is 2. The minimum Gasteiger partial charge on any atom is -0.482 e. The summed E-state index contributed by atoms with van der Waals surface area (Å²) in [6.45, 7) is 2.39. The second kappa shape index (κ2) is 12.6. The Morgan fingerprint density at radius 2 is 1.73 bits per heavy atom. The zero-order chi connectivity index (χ0) is 27.0. The number of rotatable bonds is 10. The third-order valence-electron chi connectivity index (χ3n) is 5.94. The Hall–Kier alpha value is -3.60. The minimum atomic E-state index is -4.44. The minimum absolute atomic E-state index is 0.0619. The Kier molecular flexibility index (Phi) is 9.51. The monoisotopic (exact) mass is 521 g/mol. The van der Waals surface area contributed by atoms with Crippen molar-refractivity contribution in [3.8, 4) is 5.75 Å². The van der Waals surface area contributed by atoms with Gasteiger partial charge in [0.15, 0.2) is 6.61 Å². The van der Waals surface area contributed by atoms with Gasteiger partial charge in [-0.3, -0.25) is 9.59 Å². The van der Waals surface area contributed by atoms with E-state index in [0.29, 0.717) is 30.7 Å².